The van der Waals surface area contributed by atoms with Crippen LogP contribution < -0.4 is 15.4 Å². The summed E-state index contributed by atoms with van der Waals surface area (Å²) < 4.78 is 5.36. The molecule has 1 saturated heterocycles. The van der Waals surface area contributed by atoms with Crippen molar-refractivity contribution in [2.45, 2.75) is 39.2 Å². The molecular formula is C18H25N3O3. The summed E-state index contributed by atoms with van der Waals surface area (Å²) in [5.41, 5.74) is 1.60. The maximum absolute atomic E-state index is 12.5. The lowest BCUT2D eigenvalue weighted by Crippen LogP contribution is -2.41. The molecule has 2 aliphatic heterocycles. The van der Waals surface area contributed by atoms with Crippen LogP contribution in [0.3, 0.4) is 0 Å². The van der Waals surface area contributed by atoms with E-state index in [0.29, 0.717) is 17.4 Å². The van der Waals surface area contributed by atoms with Crippen molar-refractivity contribution in [2.24, 2.45) is 5.92 Å². The van der Waals surface area contributed by atoms with E-state index in [-0.39, 0.29) is 24.6 Å². The Balaban J connectivity index is 1.64. The number of nitrogens with one attached hydrogen (secondary N) is 2. The minimum absolute atomic E-state index is 0.0189. The lowest BCUT2D eigenvalue weighted by atomic mass is 10.0. The number of urea groups is 1. The molecule has 0 aliphatic carbocycles. The van der Waals surface area contributed by atoms with Crippen LogP contribution in [-0.2, 0) is 4.79 Å². The number of benzene rings is 1. The van der Waals surface area contributed by atoms with Gasteiger partial charge >= 0.3 is 6.03 Å². The number of amides is 3. The Kier molecular flexibility index (Phi) is 4.92. The normalized spacial score (nSPS) is 21.8. The van der Waals surface area contributed by atoms with Crippen LogP contribution in [0.4, 0.5) is 10.5 Å². The van der Waals surface area contributed by atoms with E-state index in [0.717, 1.165) is 31.5 Å². The van der Waals surface area contributed by atoms with Gasteiger partial charge in [0.05, 0.1) is 11.7 Å². The van der Waals surface area contributed by atoms with Crippen LogP contribution in [0, 0.1) is 5.92 Å². The summed E-state index contributed by atoms with van der Waals surface area (Å²) >= 11 is 0. The minimum Gasteiger partial charge on any atom is -0.482 e. The lowest BCUT2D eigenvalue weighted by molar-refractivity contribution is -0.118. The molecule has 3 amide bonds. The molecule has 2 N–H and O–H groups in total. The first kappa shape index (κ1) is 16.6. The van der Waals surface area contributed by atoms with E-state index in [4.69, 9.17) is 4.74 Å². The topological polar surface area (TPSA) is 70.7 Å². The zero-order chi connectivity index (χ0) is 17.1. The van der Waals surface area contributed by atoms with Crippen molar-refractivity contribution in [3.05, 3.63) is 23.8 Å². The van der Waals surface area contributed by atoms with Gasteiger partial charge in [0.15, 0.2) is 6.61 Å². The summed E-state index contributed by atoms with van der Waals surface area (Å²) in [4.78, 5) is 25.8. The standard InChI is InChI=1S/C18H25N3O3/c1-12-4-3-8-21(9-7-12)18(23)19-13(2)14-5-6-16-15(10-14)20-17(22)11-24-16/h5-6,10,12-13H,3-4,7-9,11H2,1-2H3,(H,19,23)(H,20,22)/t12-,13+/m0/s1. The van der Waals surface area contributed by atoms with Gasteiger partial charge in [0.1, 0.15) is 5.75 Å². The fourth-order valence-corrected chi connectivity index (χ4v) is 3.20. The van der Waals surface area contributed by atoms with Crippen molar-refractivity contribution in [3.8, 4) is 5.75 Å². The number of carbonyl (C=O) groups excluding carboxylic acids is 2. The Morgan fingerprint density at radius 3 is 3.04 bits per heavy atom. The fourth-order valence-electron chi connectivity index (χ4n) is 3.20. The van der Waals surface area contributed by atoms with E-state index >= 15 is 0 Å². The van der Waals surface area contributed by atoms with Crippen molar-refractivity contribution in [1.29, 1.82) is 0 Å². The average Bonchev–Trinajstić information content (AvgIpc) is 2.78. The maximum atomic E-state index is 12.5. The third kappa shape index (κ3) is 3.80. The van der Waals surface area contributed by atoms with Gasteiger partial charge in [0.2, 0.25) is 0 Å². The van der Waals surface area contributed by atoms with Crippen molar-refractivity contribution >= 4 is 17.6 Å². The molecule has 130 valence electrons. The summed E-state index contributed by atoms with van der Waals surface area (Å²) in [5.74, 6) is 1.19. The molecule has 6 nitrogen and oxygen atoms in total. The van der Waals surface area contributed by atoms with Crippen LogP contribution in [0.5, 0.6) is 5.75 Å². The quantitative estimate of drug-likeness (QED) is 0.875. The third-order valence-electron chi connectivity index (χ3n) is 4.78. The molecule has 1 fully saturated rings. The van der Waals surface area contributed by atoms with E-state index in [2.05, 4.69) is 17.6 Å². The number of hydrogen-bond donors (Lipinski definition) is 2. The molecule has 2 heterocycles. The molecule has 1 aromatic carbocycles. The smallest absolute Gasteiger partial charge is 0.317 e. The van der Waals surface area contributed by atoms with Gasteiger partial charge in [-0.3, -0.25) is 4.79 Å². The highest BCUT2D eigenvalue weighted by Crippen LogP contribution is 2.30. The summed E-state index contributed by atoms with van der Waals surface area (Å²) in [6, 6.07) is 5.46. The number of ether oxygens (including phenoxy) is 1. The predicted octanol–water partition coefficient (Wildman–Crippen LogP) is 2.91. The number of nitrogens with zero attached hydrogens (tertiary/aromatic N) is 1. The van der Waals surface area contributed by atoms with Crippen LogP contribution >= 0.6 is 0 Å². The predicted molar refractivity (Wildman–Crippen MR) is 92.1 cm³/mol. The van der Waals surface area contributed by atoms with E-state index in [1.807, 2.05) is 30.0 Å². The maximum Gasteiger partial charge on any atom is 0.317 e. The Morgan fingerprint density at radius 2 is 2.21 bits per heavy atom. The van der Waals surface area contributed by atoms with Gasteiger partial charge < -0.3 is 20.3 Å². The largest absolute Gasteiger partial charge is 0.482 e. The summed E-state index contributed by atoms with van der Waals surface area (Å²) in [5, 5.41) is 5.86. The third-order valence-corrected chi connectivity index (χ3v) is 4.78. The number of carbonyl (C=O) groups is 2. The number of hydrogen-bond acceptors (Lipinski definition) is 3. The molecule has 1 aromatic rings. The highest BCUT2D eigenvalue weighted by atomic mass is 16.5. The van der Waals surface area contributed by atoms with Gasteiger partial charge in [-0.15, -0.1) is 0 Å². The Morgan fingerprint density at radius 1 is 1.38 bits per heavy atom. The molecular weight excluding hydrogens is 306 g/mol. The first-order valence-electron chi connectivity index (χ1n) is 8.65. The summed E-state index contributed by atoms with van der Waals surface area (Å²) in [6.45, 7) is 5.87. The van der Waals surface area contributed by atoms with Gasteiger partial charge in [-0.25, -0.2) is 4.79 Å². The first-order valence-corrected chi connectivity index (χ1v) is 8.65. The van der Waals surface area contributed by atoms with Crippen molar-refractivity contribution in [2.75, 3.05) is 25.0 Å². The average molecular weight is 331 g/mol. The molecule has 0 aromatic heterocycles. The molecule has 3 rings (SSSR count). The zero-order valence-corrected chi connectivity index (χ0v) is 14.3. The number of anilines is 1. The Hall–Kier alpha value is -2.24. The molecule has 0 saturated carbocycles. The minimum atomic E-state index is -0.157. The highest BCUT2D eigenvalue weighted by Gasteiger charge is 2.21. The van der Waals surface area contributed by atoms with Crippen LogP contribution in [0.25, 0.3) is 0 Å². The van der Waals surface area contributed by atoms with Gasteiger partial charge in [-0.2, -0.15) is 0 Å². The first-order chi connectivity index (χ1) is 11.5. The summed E-state index contributed by atoms with van der Waals surface area (Å²) in [7, 11) is 0. The molecule has 2 aliphatic rings. The fraction of sp³-hybridized carbons (Fsp3) is 0.556. The SMILES string of the molecule is C[C@H]1CCCN(C(=O)N[C@H](C)c2ccc3c(c2)NC(=O)CO3)CC1. The molecule has 0 bridgehead atoms. The molecule has 6 heteroatoms. The highest BCUT2D eigenvalue weighted by molar-refractivity contribution is 5.95. The molecule has 0 spiro atoms. The monoisotopic (exact) mass is 331 g/mol. The van der Waals surface area contributed by atoms with E-state index in [1.54, 1.807) is 0 Å². The van der Waals surface area contributed by atoms with Crippen molar-refractivity contribution in [1.82, 2.24) is 10.2 Å². The molecule has 24 heavy (non-hydrogen) atoms. The second-order valence-electron chi connectivity index (χ2n) is 6.79. The van der Waals surface area contributed by atoms with Crippen molar-refractivity contribution < 1.29 is 14.3 Å². The second kappa shape index (κ2) is 7.11. The van der Waals surface area contributed by atoms with Gasteiger partial charge in [-0.05, 0) is 49.8 Å². The van der Waals surface area contributed by atoms with Gasteiger partial charge in [-0.1, -0.05) is 13.0 Å². The Labute approximate surface area is 142 Å². The molecule has 0 radical (unpaired) electrons. The van der Waals surface area contributed by atoms with Crippen LogP contribution in [-0.4, -0.2) is 36.5 Å². The van der Waals surface area contributed by atoms with E-state index in [9.17, 15) is 9.59 Å². The lowest BCUT2D eigenvalue weighted by Gasteiger charge is -2.25. The number of fused-ring (bicyclic) bond motifs is 1. The van der Waals surface area contributed by atoms with Gasteiger partial charge in [0.25, 0.3) is 5.91 Å². The van der Waals surface area contributed by atoms with Crippen molar-refractivity contribution in [3.63, 3.8) is 0 Å². The zero-order valence-electron chi connectivity index (χ0n) is 14.3. The van der Waals surface area contributed by atoms with Crippen LogP contribution in [0.15, 0.2) is 18.2 Å². The molecule has 0 unspecified atom stereocenters. The van der Waals surface area contributed by atoms with Gasteiger partial charge in [0, 0.05) is 13.1 Å². The second-order valence-corrected chi connectivity index (χ2v) is 6.79. The number of rotatable bonds is 2. The molecule has 2 atom stereocenters. The van der Waals surface area contributed by atoms with E-state index < -0.39 is 0 Å². The summed E-state index contributed by atoms with van der Waals surface area (Å²) in [6.07, 6.45) is 3.30. The number of likely N-dealkylation sites (tertiary alicyclic amines) is 1. The Bertz CT molecular complexity index is 632. The van der Waals surface area contributed by atoms with Crippen LogP contribution in [0.2, 0.25) is 0 Å². The van der Waals surface area contributed by atoms with Crippen LogP contribution in [0.1, 0.15) is 44.7 Å². The van der Waals surface area contributed by atoms with E-state index in [1.165, 1.54) is 6.42 Å².